The first kappa shape index (κ1) is 13.3. The molecule has 5 heteroatoms. The Kier molecular flexibility index (Phi) is 3.64. The van der Waals surface area contributed by atoms with Gasteiger partial charge in [0.25, 0.3) is 0 Å². The Morgan fingerprint density at radius 1 is 1.00 bits per heavy atom. The molecule has 2 N–H and O–H groups in total. The standard InChI is InChI=1S/C14H12F3NO/c15-14(16,17)11-4-1-3-10(7-11)9-19-13-6-2-5-12(18)8-13/h1-8H,9,18H2. The van der Waals surface area contributed by atoms with Crippen molar-refractivity contribution in [3.63, 3.8) is 0 Å². The molecule has 0 aromatic heterocycles. The first-order valence-electron chi connectivity index (χ1n) is 5.59. The number of nitrogens with two attached hydrogens (primary N) is 1. The third kappa shape index (κ3) is 3.64. The van der Waals surface area contributed by atoms with Crippen LogP contribution in [-0.4, -0.2) is 0 Å². The highest BCUT2D eigenvalue weighted by Gasteiger charge is 2.30. The van der Waals surface area contributed by atoms with Crippen LogP contribution in [0.15, 0.2) is 48.5 Å². The topological polar surface area (TPSA) is 35.2 Å². The first-order chi connectivity index (χ1) is 8.95. The maximum Gasteiger partial charge on any atom is 0.416 e. The molecule has 0 bridgehead atoms. The molecule has 0 radical (unpaired) electrons. The minimum atomic E-state index is -4.34. The number of alkyl halides is 3. The maximum atomic E-state index is 12.5. The third-order valence-electron chi connectivity index (χ3n) is 2.52. The first-order valence-corrected chi connectivity index (χ1v) is 5.59. The van der Waals surface area contributed by atoms with Crippen LogP contribution in [0.2, 0.25) is 0 Å². The molecule has 0 saturated carbocycles. The average molecular weight is 267 g/mol. The lowest BCUT2D eigenvalue weighted by atomic mass is 10.1. The van der Waals surface area contributed by atoms with E-state index < -0.39 is 11.7 Å². The van der Waals surface area contributed by atoms with Crippen LogP contribution in [0, 0.1) is 0 Å². The van der Waals surface area contributed by atoms with Gasteiger partial charge >= 0.3 is 6.18 Å². The summed E-state index contributed by atoms with van der Waals surface area (Å²) in [5, 5.41) is 0. The zero-order valence-electron chi connectivity index (χ0n) is 9.95. The van der Waals surface area contributed by atoms with Crippen LogP contribution in [0.4, 0.5) is 18.9 Å². The number of anilines is 1. The van der Waals surface area contributed by atoms with E-state index in [4.69, 9.17) is 10.5 Å². The molecule has 100 valence electrons. The Bertz CT molecular complexity index is 567. The molecule has 0 aliphatic rings. The molecule has 2 aromatic carbocycles. The number of hydrogen-bond donors (Lipinski definition) is 1. The van der Waals surface area contributed by atoms with Crippen molar-refractivity contribution in [1.82, 2.24) is 0 Å². The Morgan fingerprint density at radius 2 is 1.74 bits per heavy atom. The smallest absolute Gasteiger partial charge is 0.416 e. The second kappa shape index (κ2) is 5.22. The van der Waals surface area contributed by atoms with Crippen molar-refractivity contribution in [3.8, 4) is 5.75 Å². The molecule has 19 heavy (non-hydrogen) atoms. The average Bonchev–Trinajstić information content (AvgIpc) is 2.36. The largest absolute Gasteiger partial charge is 0.489 e. The summed E-state index contributed by atoms with van der Waals surface area (Å²) < 4.78 is 43.0. The lowest BCUT2D eigenvalue weighted by Gasteiger charge is -2.10. The zero-order valence-corrected chi connectivity index (χ0v) is 9.95. The Labute approximate surface area is 108 Å². The van der Waals surface area contributed by atoms with Gasteiger partial charge in [-0.1, -0.05) is 18.2 Å². The van der Waals surface area contributed by atoms with Crippen LogP contribution in [-0.2, 0) is 12.8 Å². The monoisotopic (exact) mass is 267 g/mol. The highest BCUT2D eigenvalue weighted by atomic mass is 19.4. The van der Waals surface area contributed by atoms with Gasteiger partial charge in [-0.05, 0) is 29.8 Å². The van der Waals surface area contributed by atoms with Gasteiger partial charge in [0.1, 0.15) is 12.4 Å². The van der Waals surface area contributed by atoms with Crippen molar-refractivity contribution in [2.75, 3.05) is 5.73 Å². The number of ether oxygens (including phenoxy) is 1. The van der Waals surface area contributed by atoms with Crippen molar-refractivity contribution in [2.45, 2.75) is 12.8 Å². The molecule has 0 spiro atoms. The molecule has 0 unspecified atom stereocenters. The summed E-state index contributed by atoms with van der Waals surface area (Å²) in [6.07, 6.45) is -4.34. The molecule has 2 rings (SSSR count). The fourth-order valence-corrected chi connectivity index (χ4v) is 1.61. The van der Waals surface area contributed by atoms with Crippen molar-refractivity contribution < 1.29 is 17.9 Å². The molecule has 0 aliphatic carbocycles. The van der Waals surface area contributed by atoms with E-state index >= 15 is 0 Å². The number of halogens is 3. The molecule has 0 fully saturated rings. The van der Waals surface area contributed by atoms with E-state index in [9.17, 15) is 13.2 Å². The SMILES string of the molecule is Nc1cccc(OCc2cccc(C(F)(F)F)c2)c1. The molecular formula is C14H12F3NO. The predicted molar refractivity (Wildman–Crippen MR) is 66.6 cm³/mol. The maximum absolute atomic E-state index is 12.5. The summed E-state index contributed by atoms with van der Waals surface area (Å²) in [6, 6.07) is 11.8. The van der Waals surface area contributed by atoms with Crippen molar-refractivity contribution >= 4 is 5.69 Å². The van der Waals surface area contributed by atoms with Crippen molar-refractivity contribution in [2.24, 2.45) is 0 Å². The van der Waals surface area contributed by atoms with E-state index in [1.807, 2.05) is 0 Å². The van der Waals surface area contributed by atoms with Crippen LogP contribution >= 0.6 is 0 Å². The van der Waals surface area contributed by atoms with Gasteiger partial charge in [-0.2, -0.15) is 13.2 Å². The summed E-state index contributed by atoms with van der Waals surface area (Å²) in [5.74, 6) is 0.525. The van der Waals surface area contributed by atoms with E-state index in [1.165, 1.54) is 6.07 Å². The second-order valence-corrected chi connectivity index (χ2v) is 4.06. The van der Waals surface area contributed by atoms with Gasteiger partial charge in [0.05, 0.1) is 5.56 Å². The molecule has 0 amide bonds. The van der Waals surface area contributed by atoms with Gasteiger partial charge in [-0.3, -0.25) is 0 Å². The molecular weight excluding hydrogens is 255 g/mol. The third-order valence-corrected chi connectivity index (χ3v) is 2.52. The van der Waals surface area contributed by atoms with E-state index in [0.717, 1.165) is 12.1 Å². The molecule has 0 atom stereocenters. The highest BCUT2D eigenvalue weighted by molar-refractivity contribution is 5.43. The van der Waals surface area contributed by atoms with Gasteiger partial charge in [0, 0.05) is 11.8 Å². The van der Waals surface area contributed by atoms with Crippen LogP contribution in [0.1, 0.15) is 11.1 Å². The van der Waals surface area contributed by atoms with E-state index in [2.05, 4.69) is 0 Å². The Morgan fingerprint density at radius 3 is 2.42 bits per heavy atom. The minimum Gasteiger partial charge on any atom is -0.489 e. The summed E-state index contributed by atoms with van der Waals surface area (Å²) in [5.41, 5.74) is 5.90. The zero-order chi connectivity index (χ0) is 13.9. The van der Waals surface area contributed by atoms with E-state index in [0.29, 0.717) is 17.0 Å². The lowest BCUT2D eigenvalue weighted by Crippen LogP contribution is -2.06. The summed E-state index contributed by atoms with van der Waals surface area (Å²) in [7, 11) is 0. The summed E-state index contributed by atoms with van der Waals surface area (Å²) in [6.45, 7) is 0.0629. The Balaban J connectivity index is 2.08. The normalized spacial score (nSPS) is 11.3. The highest BCUT2D eigenvalue weighted by Crippen LogP contribution is 2.29. The predicted octanol–water partition coefficient (Wildman–Crippen LogP) is 3.87. The summed E-state index contributed by atoms with van der Waals surface area (Å²) in [4.78, 5) is 0. The Hall–Kier alpha value is -2.17. The van der Waals surface area contributed by atoms with Crippen LogP contribution in [0.25, 0.3) is 0 Å². The fourth-order valence-electron chi connectivity index (χ4n) is 1.61. The van der Waals surface area contributed by atoms with Gasteiger partial charge in [-0.25, -0.2) is 0 Å². The second-order valence-electron chi connectivity index (χ2n) is 4.06. The molecule has 0 saturated heterocycles. The number of nitrogen functional groups attached to an aromatic ring is 1. The van der Waals surface area contributed by atoms with Crippen molar-refractivity contribution in [3.05, 3.63) is 59.7 Å². The number of rotatable bonds is 3. The fraction of sp³-hybridized carbons (Fsp3) is 0.143. The lowest BCUT2D eigenvalue weighted by molar-refractivity contribution is -0.137. The minimum absolute atomic E-state index is 0.0629. The van der Waals surface area contributed by atoms with Gasteiger partial charge < -0.3 is 10.5 Å². The van der Waals surface area contributed by atoms with Crippen LogP contribution < -0.4 is 10.5 Å². The van der Waals surface area contributed by atoms with Gasteiger partial charge in [-0.15, -0.1) is 0 Å². The molecule has 0 heterocycles. The van der Waals surface area contributed by atoms with Crippen molar-refractivity contribution in [1.29, 1.82) is 0 Å². The number of benzene rings is 2. The molecule has 2 nitrogen and oxygen atoms in total. The number of hydrogen-bond acceptors (Lipinski definition) is 2. The molecule has 0 aliphatic heterocycles. The van der Waals surface area contributed by atoms with E-state index in [-0.39, 0.29) is 6.61 Å². The van der Waals surface area contributed by atoms with Crippen LogP contribution in [0.3, 0.4) is 0 Å². The van der Waals surface area contributed by atoms with Crippen LogP contribution in [0.5, 0.6) is 5.75 Å². The quantitative estimate of drug-likeness (QED) is 0.857. The van der Waals surface area contributed by atoms with Gasteiger partial charge in [0.15, 0.2) is 0 Å². The van der Waals surface area contributed by atoms with Gasteiger partial charge in [0.2, 0.25) is 0 Å². The summed E-state index contributed by atoms with van der Waals surface area (Å²) >= 11 is 0. The molecule has 2 aromatic rings. The van der Waals surface area contributed by atoms with E-state index in [1.54, 1.807) is 30.3 Å².